The van der Waals surface area contributed by atoms with Gasteiger partial charge in [-0.15, -0.1) is 0 Å². The zero-order chi connectivity index (χ0) is 24.6. The molecule has 1 fully saturated rings. The first-order valence-corrected chi connectivity index (χ1v) is 12.6. The van der Waals surface area contributed by atoms with E-state index >= 15 is 0 Å². The van der Waals surface area contributed by atoms with E-state index in [1.807, 2.05) is 66.7 Å². The Kier molecular flexibility index (Phi) is 8.19. The van der Waals surface area contributed by atoms with E-state index in [4.69, 9.17) is 5.10 Å². The number of aromatic nitrogens is 2. The fourth-order valence-electron chi connectivity index (χ4n) is 4.51. The average Bonchev–Trinajstić information content (AvgIpc) is 3.28. The molecule has 2 aromatic carbocycles. The van der Waals surface area contributed by atoms with Crippen LogP contribution >= 0.6 is 0 Å². The van der Waals surface area contributed by atoms with E-state index in [0.717, 1.165) is 42.6 Å². The molecule has 35 heavy (non-hydrogen) atoms. The molecule has 3 amide bonds. The fourth-order valence-corrected chi connectivity index (χ4v) is 4.51. The molecule has 0 radical (unpaired) electrons. The van der Waals surface area contributed by atoms with Crippen LogP contribution in [0.15, 0.2) is 66.7 Å². The quantitative estimate of drug-likeness (QED) is 0.455. The molecule has 7 heteroatoms. The number of urea groups is 1. The molecule has 1 aliphatic rings. The molecule has 184 valence electrons. The average molecular weight is 474 g/mol. The van der Waals surface area contributed by atoms with E-state index in [0.29, 0.717) is 12.4 Å². The standard InChI is InChI=1S/C28H35N5O2/c1-21(2)19-32(28(35)29-23-14-8-4-9-15-23)20-27(34)30-26-18-25(22-12-6-3-7-13-22)31-33(26)24-16-10-5-11-17-24/h3,5-7,10-13,16-18,21,23H,4,8-9,14-15,19-20H2,1-2H3,(H,29,35)(H,30,34). The Morgan fingerprint density at radius 3 is 2.31 bits per heavy atom. The fraction of sp³-hybridized carbons (Fsp3) is 0.393. The Balaban J connectivity index is 1.51. The minimum atomic E-state index is -0.249. The van der Waals surface area contributed by atoms with E-state index in [9.17, 15) is 9.59 Å². The summed E-state index contributed by atoms with van der Waals surface area (Å²) >= 11 is 0. The molecular weight excluding hydrogens is 438 g/mol. The maximum atomic E-state index is 13.2. The summed E-state index contributed by atoms with van der Waals surface area (Å²) in [5.41, 5.74) is 2.57. The van der Waals surface area contributed by atoms with Crippen LogP contribution in [0.3, 0.4) is 0 Å². The molecule has 7 nitrogen and oxygen atoms in total. The molecule has 1 saturated carbocycles. The van der Waals surface area contributed by atoms with Crippen LogP contribution in [0.2, 0.25) is 0 Å². The van der Waals surface area contributed by atoms with Gasteiger partial charge in [0.15, 0.2) is 0 Å². The van der Waals surface area contributed by atoms with Crippen molar-refractivity contribution in [3.05, 3.63) is 66.7 Å². The van der Waals surface area contributed by atoms with Crippen LogP contribution in [0.25, 0.3) is 16.9 Å². The topological polar surface area (TPSA) is 79.3 Å². The Bertz CT molecular complexity index is 1100. The highest BCUT2D eigenvalue weighted by Crippen LogP contribution is 2.25. The third kappa shape index (κ3) is 6.72. The van der Waals surface area contributed by atoms with Crippen molar-refractivity contribution < 1.29 is 9.59 Å². The zero-order valence-electron chi connectivity index (χ0n) is 20.6. The summed E-state index contributed by atoms with van der Waals surface area (Å²) < 4.78 is 1.73. The van der Waals surface area contributed by atoms with Gasteiger partial charge in [0.25, 0.3) is 0 Å². The second-order valence-corrected chi connectivity index (χ2v) is 9.64. The van der Waals surface area contributed by atoms with Gasteiger partial charge in [0.05, 0.1) is 11.4 Å². The van der Waals surface area contributed by atoms with Crippen LogP contribution < -0.4 is 10.6 Å². The number of carbonyl (C=O) groups is 2. The van der Waals surface area contributed by atoms with Crippen LogP contribution in [-0.4, -0.2) is 45.8 Å². The Morgan fingerprint density at radius 1 is 1.00 bits per heavy atom. The minimum Gasteiger partial charge on any atom is -0.335 e. The van der Waals surface area contributed by atoms with Crippen molar-refractivity contribution in [3.8, 4) is 16.9 Å². The molecule has 1 aromatic heterocycles. The van der Waals surface area contributed by atoms with Crippen LogP contribution in [0, 0.1) is 5.92 Å². The van der Waals surface area contributed by atoms with Gasteiger partial charge in [-0.05, 0) is 30.9 Å². The van der Waals surface area contributed by atoms with Crippen molar-refractivity contribution in [2.24, 2.45) is 5.92 Å². The SMILES string of the molecule is CC(C)CN(CC(=O)Nc1cc(-c2ccccc2)nn1-c1ccccc1)C(=O)NC1CCCCC1. The van der Waals surface area contributed by atoms with Crippen molar-refractivity contribution in [2.45, 2.75) is 52.0 Å². The zero-order valence-corrected chi connectivity index (χ0v) is 20.6. The van der Waals surface area contributed by atoms with Crippen LogP contribution in [-0.2, 0) is 4.79 Å². The molecule has 0 aliphatic heterocycles. The van der Waals surface area contributed by atoms with Crippen molar-refractivity contribution in [1.82, 2.24) is 20.0 Å². The maximum Gasteiger partial charge on any atom is 0.318 e. The smallest absolute Gasteiger partial charge is 0.318 e. The van der Waals surface area contributed by atoms with Gasteiger partial charge in [-0.3, -0.25) is 4.79 Å². The van der Waals surface area contributed by atoms with Crippen molar-refractivity contribution in [3.63, 3.8) is 0 Å². The molecule has 0 saturated heterocycles. The number of para-hydroxylation sites is 1. The monoisotopic (exact) mass is 473 g/mol. The summed E-state index contributed by atoms with van der Waals surface area (Å²) in [5, 5.41) is 10.9. The highest BCUT2D eigenvalue weighted by Gasteiger charge is 2.23. The number of hydrogen-bond donors (Lipinski definition) is 2. The number of benzene rings is 2. The summed E-state index contributed by atoms with van der Waals surface area (Å²) in [6, 6.07) is 21.5. The van der Waals surface area contributed by atoms with E-state index in [1.54, 1.807) is 9.58 Å². The number of carbonyl (C=O) groups excluding carboxylic acids is 2. The highest BCUT2D eigenvalue weighted by atomic mass is 16.2. The first-order chi connectivity index (χ1) is 17.0. The van der Waals surface area contributed by atoms with E-state index in [2.05, 4.69) is 24.5 Å². The lowest BCUT2D eigenvalue weighted by atomic mass is 9.96. The number of hydrogen-bond acceptors (Lipinski definition) is 3. The predicted molar refractivity (Wildman–Crippen MR) is 139 cm³/mol. The van der Waals surface area contributed by atoms with Gasteiger partial charge in [0, 0.05) is 24.2 Å². The first-order valence-electron chi connectivity index (χ1n) is 12.6. The molecule has 0 unspecified atom stereocenters. The second kappa shape index (κ2) is 11.7. The van der Waals surface area contributed by atoms with Gasteiger partial charge in [0.1, 0.15) is 12.4 Å². The van der Waals surface area contributed by atoms with Crippen LogP contribution in [0.4, 0.5) is 10.6 Å². The third-order valence-corrected chi connectivity index (χ3v) is 6.19. The molecule has 3 aromatic rings. The number of nitrogens with zero attached hydrogens (tertiary/aromatic N) is 3. The van der Waals surface area contributed by atoms with Gasteiger partial charge in [-0.1, -0.05) is 81.6 Å². The molecule has 0 spiro atoms. The summed E-state index contributed by atoms with van der Waals surface area (Å²) in [6.45, 7) is 4.60. The highest BCUT2D eigenvalue weighted by molar-refractivity contribution is 5.94. The lowest BCUT2D eigenvalue weighted by Gasteiger charge is -2.29. The lowest BCUT2D eigenvalue weighted by molar-refractivity contribution is -0.116. The molecule has 0 atom stereocenters. The normalized spacial score (nSPS) is 14.0. The largest absolute Gasteiger partial charge is 0.335 e. The van der Waals surface area contributed by atoms with Crippen molar-refractivity contribution in [2.75, 3.05) is 18.4 Å². The van der Waals surface area contributed by atoms with Gasteiger partial charge in [-0.25, -0.2) is 9.48 Å². The summed E-state index contributed by atoms with van der Waals surface area (Å²) in [4.78, 5) is 27.8. The molecular formula is C28H35N5O2. The van der Waals surface area contributed by atoms with Crippen LogP contribution in [0.1, 0.15) is 46.0 Å². The second-order valence-electron chi connectivity index (χ2n) is 9.64. The molecule has 0 bridgehead atoms. The Hall–Kier alpha value is -3.61. The number of amides is 3. The van der Waals surface area contributed by atoms with E-state index < -0.39 is 0 Å². The summed E-state index contributed by atoms with van der Waals surface area (Å²) in [6.07, 6.45) is 5.52. The van der Waals surface area contributed by atoms with Crippen LogP contribution in [0.5, 0.6) is 0 Å². The Labute approximate surface area is 207 Å². The summed E-state index contributed by atoms with van der Waals surface area (Å²) in [5.74, 6) is 0.567. The number of rotatable bonds is 8. The van der Waals surface area contributed by atoms with E-state index in [1.165, 1.54) is 6.42 Å². The number of anilines is 1. The van der Waals surface area contributed by atoms with Crippen molar-refractivity contribution >= 4 is 17.8 Å². The van der Waals surface area contributed by atoms with Gasteiger partial charge >= 0.3 is 6.03 Å². The molecule has 1 heterocycles. The predicted octanol–water partition coefficient (Wildman–Crippen LogP) is 5.48. The summed E-state index contributed by atoms with van der Waals surface area (Å²) in [7, 11) is 0. The Morgan fingerprint density at radius 2 is 1.66 bits per heavy atom. The van der Waals surface area contributed by atoms with Gasteiger partial charge in [-0.2, -0.15) is 5.10 Å². The lowest BCUT2D eigenvalue weighted by Crippen LogP contribution is -2.49. The minimum absolute atomic E-state index is 0.0165. The van der Waals surface area contributed by atoms with Gasteiger partial charge < -0.3 is 15.5 Å². The third-order valence-electron chi connectivity index (χ3n) is 6.19. The molecule has 2 N–H and O–H groups in total. The number of nitrogens with one attached hydrogen (secondary N) is 2. The van der Waals surface area contributed by atoms with Gasteiger partial charge in [0.2, 0.25) is 5.91 Å². The van der Waals surface area contributed by atoms with Crippen molar-refractivity contribution in [1.29, 1.82) is 0 Å². The molecule has 4 rings (SSSR count). The maximum absolute atomic E-state index is 13.2. The van der Waals surface area contributed by atoms with E-state index in [-0.39, 0.29) is 30.4 Å². The first kappa shape index (κ1) is 24.5. The molecule has 1 aliphatic carbocycles.